The fraction of sp³-hybridized carbons (Fsp3) is 0.120. The zero-order valence-electron chi connectivity index (χ0n) is 17.3. The maximum absolute atomic E-state index is 10.9. The van der Waals surface area contributed by atoms with Gasteiger partial charge in [0.1, 0.15) is 6.10 Å². The zero-order chi connectivity index (χ0) is 22.5. The van der Waals surface area contributed by atoms with Crippen molar-refractivity contribution in [2.75, 3.05) is 0 Å². The highest BCUT2D eigenvalue weighted by Crippen LogP contribution is 2.35. The number of non-ortho nitro benzene ring substituents is 1. The number of nitro benzene ring substituents is 1. The van der Waals surface area contributed by atoms with E-state index in [4.69, 9.17) is 4.74 Å². The van der Waals surface area contributed by atoms with Gasteiger partial charge >= 0.3 is 0 Å². The van der Waals surface area contributed by atoms with E-state index in [-0.39, 0.29) is 18.4 Å². The van der Waals surface area contributed by atoms with Crippen LogP contribution in [0.15, 0.2) is 78.4 Å². The summed E-state index contributed by atoms with van der Waals surface area (Å²) in [6.07, 6.45) is 1.39. The average molecular weight is 442 g/mol. The number of nitro groups is 1. The molecule has 0 bridgehead atoms. The monoisotopic (exact) mass is 441 g/mol. The van der Waals surface area contributed by atoms with Crippen molar-refractivity contribution in [2.24, 2.45) is 0 Å². The summed E-state index contributed by atoms with van der Waals surface area (Å²) in [5, 5.41) is 20.6. The Labute approximate surface area is 189 Å². The molecule has 0 fully saturated rings. The van der Waals surface area contributed by atoms with Crippen molar-refractivity contribution < 1.29 is 9.66 Å². The minimum Gasteiger partial charge on any atom is -0.363 e. The van der Waals surface area contributed by atoms with Gasteiger partial charge in [-0.3, -0.25) is 15.1 Å². The van der Waals surface area contributed by atoms with E-state index in [0.717, 1.165) is 32.7 Å². The summed E-state index contributed by atoms with van der Waals surface area (Å²) in [6, 6.07) is 22.3. The van der Waals surface area contributed by atoms with E-state index in [1.165, 1.54) is 23.5 Å². The molecule has 0 radical (unpaired) electrons. The lowest BCUT2D eigenvalue weighted by Gasteiger charge is -2.19. The van der Waals surface area contributed by atoms with Crippen molar-refractivity contribution in [1.29, 1.82) is 5.26 Å². The van der Waals surface area contributed by atoms with Crippen LogP contribution in [0.5, 0.6) is 0 Å². The first kappa shape index (κ1) is 21.4. The fourth-order valence-corrected chi connectivity index (χ4v) is 4.20. The molecule has 0 saturated heterocycles. The summed E-state index contributed by atoms with van der Waals surface area (Å²) in [6.45, 7) is 2.30. The van der Waals surface area contributed by atoms with E-state index >= 15 is 0 Å². The van der Waals surface area contributed by atoms with Crippen LogP contribution in [0.25, 0.3) is 11.1 Å². The summed E-state index contributed by atoms with van der Waals surface area (Å²) >= 11 is 1.49. The van der Waals surface area contributed by atoms with Crippen molar-refractivity contribution in [1.82, 2.24) is 4.98 Å². The second-order valence-corrected chi connectivity index (χ2v) is 8.17. The van der Waals surface area contributed by atoms with E-state index < -0.39 is 4.92 Å². The number of hydrogen-bond acceptors (Lipinski definition) is 6. The highest BCUT2D eigenvalue weighted by Gasteiger charge is 2.20. The highest BCUT2D eigenvalue weighted by atomic mass is 32.1. The summed E-state index contributed by atoms with van der Waals surface area (Å²) in [4.78, 5) is 15.6. The average Bonchev–Trinajstić information content (AvgIpc) is 3.34. The summed E-state index contributed by atoms with van der Waals surface area (Å²) in [7, 11) is 0. The molecule has 6 nitrogen and oxygen atoms in total. The molecule has 0 aliphatic carbocycles. The topological polar surface area (TPSA) is 89.1 Å². The van der Waals surface area contributed by atoms with Crippen LogP contribution in [-0.4, -0.2) is 9.91 Å². The molecule has 0 aliphatic rings. The molecule has 3 aromatic carbocycles. The van der Waals surface area contributed by atoms with Gasteiger partial charge in [0.25, 0.3) is 5.69 Å². The number of nitriles is 1. The number of rotatable bonds is 7. The van der Waals surface area contributed by atoms with E-state index in [1.54, 1.807) is 23.8 Å². The predicted octanol–water partition coefficient (Wildman–Crippen LogP) is 6.20. The van der Waals surface area contributed by atoms with Crippen molar-refractivity contribution >= 4 is 17.0 Å². The van der Waals surface area contributed by atoms with Gasteiger partial charge in [-0.25, -0.2) is 0 Å². The maximum atomic E-state index is 10.9. The Morgan fingerprint density at radius 2 is 1.91 bits per heavy atom. The van der Waals surface area contributed by atoms with E-state index in [2.05, 4.69) is 11.1 Å². The summed E-state index contributed by atoms with van der Waals surface area (Å²) in [5.41, 5.74) is 7.09. The Balaban J connectivity index is 1.68. The number of benzene rings is 3. The fourth-order valence-electron chi connectivity index (χ4n) is 3.51. The van der Waals surface area contributed by atoms with Crippen LogP contribution < -0.4 is 0 Å². The van der Waals surface area contributed by atoms with Crippen LogP contribution in [0.2, 0.25) is 0 Å². The molecule has 0 N–H and O–H groups in total. The van der Waals surface area contributed by atoms with Crippen molar-refractivity contribution in [2.45, 2.75) is 19.6 Å². The third-order valence-electron chi connectivity index (χ3n) is 5.18. The van der Waals surface area contributed by atoms with Crippen molar-refractivity contribution in [3.8, 4) is 17.2 Å². The first-order valence-corrected chi connectivity index (χ1v) is 10.8. The van der Waals surface area contributed by atoms with Gasteiger partial charge in [-0.2, -0.15) is 5.26 Å². The summed E-state index contributed by atoms with van der Waals surface area (Å²) in [5.74, 6) is 0. The first-order valence-electron chi connectivity index (χ1n) is 9.90. The standard InChI is InChI=1S/C25H19N3O3S/c1-17-4-2-3-5-22(17)23-12-19(8-9-20(23)13-26)25(24-14-27-16-32-24)31-15-18-6-10-21(11-7-18)28(29)30/h2-12,14,16,25H,15H2,1H3. The second-order valence-electron chi connectivity index (χ2n) is 7.25. The van der Waals surface area contributed by atoms with Crippen molar-refractivity contribution in [3.63, 3.8) is 0 Å². The largest absolute Gasteiger partial charge is 0.363 e. The van der Waals surface area contributed by atoms with Gasteiger partial charge in [0.2, 0.25) is 0 Å². The SMILES string of the molecule is Cc1ccccc1-c1cc(C(OCc2ccc([N+](=O)[O-])cc2)c2cncs2)ccc1C#N. The Morgan fingerprint density at radius 1 is 1.12 bits per heavy atom. The molecule has 158 valence electrons. The van der Waals surface area contributed by atoms with Crippen LogP contribution in [-0.2, 0) is 11.3 Å². The molecule has 32 heavy (non-hydrogen) atoms. The molecule has 0 spiro atoms. The Kier molecular flexibility index (Phi) is 6.36. The Hall–Kier alpha value is -3.86. The van der Waals surface area contributed by atoms with Crippen LogP contribution in [0.4, 0.5) is 5.69 Å². The number of ether oxygens (including phenoxy) is 1. The van der Waals surface area contributed by atoms with Crippen LogP contribution in [0.3, 0.4) is 0 Å². The third kappa shape index (κ3) is 4.57. The van der Waals surface area contributed by atoms with Crippen LogP contribution in [0.1, 0.15) is 33.2 Å². The van der Waals surface area contributed by atoms with E-state index in [0.29, 0.717) is 5.56 Å². The molecule has 4 aromatic rings. The number of nitrogens with zero attached hydrogens (tertiary/aromatic N) is 3. The predicted molar refractivity (Wildman–Crippen MR) is 123 cm³/mol. The minimum absolute atomic E-state index is 0.0442. The third-order valence-corrected chi connectivity index (χ3v) is 5.99. The lowest BCUT2D eigenvalue weighted by molar-refractivity contribution is -0.384. The number of thiazole rings is 1. The van der Waals surface area contributed by atoms with Gasteiger partial charge < -0.3 is 4.74 Å². The molecule has 0 amide bonds. The number of aromatic nitrogens is 1. The molecule has 1 atom stereocenters. The van der Waals surface area contributed by atoms with Gasteiger partial charge in [0.05, 0.1) is 33.6 Å². The maximum Gasteiger partial charge on any atom is 0.269 e. The first-order chi connectivity index (χ1) is 15.6. The molecule has 1 aromatic heterocycles. The van der Waals surface area contributed by atoms with Gasteiger partial charge in [0, 0.05) is 23.9 Å². The molecule has 0 saturated carbocycles. The van der Waals surface area contributed by atoms with E-state index in [9.17, 15) is 15.4 Å². The molecule has 4 rings (SSSR count). The Bertz CT molecular complexity index is 1280. The van der Waals surface area contributed by atoms with Gasteiger partial charge in [-0.15, -0.1) is 11.3 Å². The second kappa shape index (κ2) is 9.52. The smallest absolute Gasteiger partial charge is 0.269 e. The molecule has 0 aliphatic heterocycles. The normalized spacial score (nSPS) is 11.6. The summed E-state index contributed by atoms with van der Waals surface area (Å²) < 4.78 is 6.27. The lowest BCUT2D eigenvalue weighted by atomic mass is 9.93. The van der Waals surface area contributed by atoms with Crippen LogP contribution >= 0.6 is 11.3 Å². The van der Waals surface area contributed by atoms with Gasteiger partial charge in [-0.05, 0) is 53.4 Å². The molecular formula is C25H19N3O3S. The molecular weight excluding hydrogens is 422 g/mol. The molecule has 1 heterocycles. The minimum atomic E-state index is -0.422. The van der Waals surface area contributed by atoms with E-state index in [1.807, 2.05) is 49.4 Å². The van der Waals surface area contributed by atoms with Gasteiger partial charge in [-0.1, -0.05) is 30.3 Å². The van der Waals surface area contributed by atoms with Gasteiger partial charge in [0.15, 0.2) is 0 Å². The lowest BCUT2D eigenvalue weighted by Crippen LogP contribution is -2.06. The molecule has 7 heteroatoms. The quantitative estimate of drug-likeness (QED) is 0.251. The van der Waals surface area contributed by atoms with Crippen molar-refractivity contribution in [3.05, 3.63) is 116 Å². The molecule has 1 unspecified atom stereocenters. The number of hydrogen-bond donors (Lipinski definition) is 0. The Morgan fingerprint density at radius 3 is 2.56 bits per heavy atom. The zero-order valence-corrected chi connectivity index (χ0v) is 18.1. The number of aryl methyl sites for hydroxylation is 1. The van der Waals surface area contributed by atoms with Crippen LogP contribution in [0, 0.1) is 28.4 Å². The highest BCUT2D eigenvalue weighted by molar-refractivity contribution is 7.09.